The van der Waals surface area contributed by atoms with Crippen molar-refractivity contribution >= 4 is 28.2 Å². The maximum absolute atomic E-state index is 11.7. The summed E-state index contributed by atoms with van der Waals surface area (Å²) in [5.41, 5.74) is 4.69. The predicted molar refractivity (Wildman–Crippen MR) is 112 cm³/mol. The van der Waals surface area contributed by atoms with Crippen LogP contribution in [0.2, 0.25) is 0 Å². The van der Waals surface area contributed by atoms with E-state index in [4.69, 9.17) is 0 Å². The number of aromatic nitrogens is 1. The number of para-hydroxylation sites is 2. The number of hydrogen-bond donors (Lipinski definition) is 2. The number of aromatic carboxylic acids is 1. The second kappa shape index (κ2) is 7.92. The Kier molecular flexibility index (Phi) is 5.02. The fourth-order valence-electron chi connectivity index (χ4n) is 3.34. The van der Waals surface area contributed by atoms with Gasteiger partial charge in [0, 0.05) is 11.1 Å². The van der Waals surface area contributed by atoms with Crippen molar-refractivity contribution in [2.45, 2.75) is 12.8 Å². The van der Waals surface area contributed by atoms with Gasteiger partial charge in [-0.15, -0.1) is 0 Å². The van der Waals surface area contributed by atoms with Gasteiger partial charge in [-0.3, -0.25) is 0 Å². The Morgan fingerprint density at radius 1 is 0.857 bits per heavy atom. The normalized spacial score (nSPS) is 10.7. The molecule has 138 valence electrons. The summed E-state index contributed by atoms with van der Waals surface area (Å²) >= 11 is 0. The van der Waals surface area contributed by atoms with Crippen molar-refractivity contribution in [2.24, 2.45) is 0 Å². The van der Waals surface area contributed by atoms with Crippen LogP contribution in [0.3, 0.4) is 0 Å². The third-order valence-electron chi connectivity index (χ3n) is 4.72. The number of nitrogens with zero attached hydrogens (tertiary/aromatic N) is 1. The molecule has 0 fully saturated rings. The number of carbonyl (C=O) groups is 1. The summed E-state index contributed by atoms with van der Waals surface area (Å²) in [7, 11) is 0. The maximum atomic E-state index is 11.7. The van der Waals surface area contributed by atoms with Gasteiger partial charge in [-0.1, -0.05) is 60.7 Å². The highest BCUT2D eigenvalue weighted by Crippen LogP contribution is 2.28. The maximum Gasteiger partial charge on any atom is 0.354 e. The predicted octanol–water partition coefficient (Wildman–Crippen LogP) is 5.46. The topological polar surface area (TPSA) is 62.2 Å². The van der Waals surface area contributed by atoms with Crippen molar-refractivity contribution in [3.05, 3.63) is 102 Å². The highest BCUT2D eigenvalue weighted by atomic mass is 16.4. The molecule has 0 amide bonds. The fourth-order valence-corrected chi connectivity index (χ4v) is 3.34. The van der Waals surface area contributed by atoms with E-state index < -0.39 is 5.97 Å². The van der Waals surface area contributed by atoms with E-state index >= 15 is 0 Å². The molecule has 0 spiro atoms. The van der Waals surface area contributed by atoms with Gasteiger partial charge in [0.15, 0.2) is 0 Å². The standard InChI is InChI=1S/C24H20N2O2/c27-24(28)22-16-18(15-14-17-8-3-1-4-9-17)20-12-7-13-21(23(20)26-22)25-19-10-5-2-6-11-19/h1-13,16,25H,14-15H2,(H,27,28). The summed E-state index contributed by atoms with van der Waals surface area (Å²) < 4.78 is 0. The van der Waals surface area contributed by atoms with Gasteiger partial charge in [-0.2, -0.15) is 0 Å². The molecule has 4 heteroatoms. The molecule has 0 aliphatic carbocycles. The number of fused-ring (bicyclic) bond motifs is 1. The number of carboxylic acid groups (broad SMARTS) is 1. The van der Waals surface area contributed by atoms with Crippen LogP contribution in [0.15, 0.2) is 84.9 Å². The molecule has 2 N–H and O–H groups in total. The lowest BCUT2D eigenvalue weighted by molar-refractivity contribution is 0.0691. The Bertz CT molecular complexity index is 1110. The number of anilines is 2. The van der Waals surface area contributed by atoms with Crippen LogP contribution in [0.4, 0.5) is 11.4 Å². The molecule has 4 aromatic rings. The minimum Gasteiger partial charge on any atom is -0.477 e. The van der Waals surface area contributed by atoms with Crippen molar-refractivity contribution < 1.29 is 9.90 Å². The first-order valence-electron chi connectivity index (χ1n) is 9.22. The number of pyridine rings is 1. The molecule has 0 atom stereocenters. The van der Waals surface area contributed by atoms with Gasteiger partial charge < -0.3 is 10.4 Å². The number of benzene rings is 3. The minimum absolute atomic E-state index is 0.0675. The van der Waals surface area contributed by atoms with Crippen LogP contribution >= 0.6 is 0 Å². The van der Waals surface area contributed by atoms with Crippen LogP contribution in [0.5, 0.6) is 0 Å². The van der Waals surface area contributed by atoms with Crippen LogP contribution < -0.4 is 5.32 Å². The number of hydrogen-bond acceptors (Lipinski definition) is 3. The first-order chi connectivity index (χ1) is 13.7. The average Bonchev–Trinajstić information content (AvgIpc) is 2.73. The van der Waals surface area contributed by atoms with E-state index in [1.807, 2.05) is 66.7 Å². The largest absolute Gasteiger partial charge is 0.477 e. The summed E-state index contributed by atoms with van der Waals surface area (Å²) in [6.45, 7) is 0. The van der Waals surface area contributed by atoms with Crippen molar-refractivity contribution in [3.63, 3.8) is 0 Å². The molecule has 0 radical (unpaired) electrons. The summed E-state index contributed by atoms with van der Waals surface area (Å²) in [6.07, 6.45) is 1.59. The molecule has 4 rings (SSSR count). The highest BCUT2D eigenvalue weighted by Gasteiger charge is 2.13. The average molecular weight is 368 g/mol. The third kappa shape index (κ3) is 3.86. The van der Waals surface area contributed by atoms with E-state index in [9.17, 15) is 9.90 Å². The molecule has 0 aliphatic rings. The van der Waals surface area contributed by atoms with E-state index in [2.05, 4.69) is 22.4 Å². The molecule has 0 unspecified atom stereocenters. The Balaban J connectivity index is 1.76. The van der Waals surface area contributed by atoms with Gasteiger partial charge >= 0.3 is 5.97 Å². The van der Waals surface area contributed by atoms with Crippen molar-refractivity contribution in [1.82, 2.24) is 4.98 Å². The lowest BCUT2D eigenvalue weighted by Crippen LogP contribution is -2.05. The highest BCUT2D eigenvalue weighted by molar-refractivity contribution is 5.97. The molecule has 0 saturated carbocycles. The first kappa shape index (κ1) is 17.7. The lowest BCUT2D eigenvalue weighted by Gasteiger charge is -2.13. The van der Waals surface area contributed by atoms with Crippen LogP contribution in [0.1, 0.15) is 21.6 Å². The molecule has 4 nitrogen and oxygen atoms in total. The molecule has 1 aromatic heterocycles. The van der Waals surface area contributed by atoms with Crippen LogP contribution in [-0.2, 0) is 12.8 Å². The van der Waals surface area contributed by atoms with Gasteiger partial charge in [-0.05, 0) is 48.2 Å². The molecular formula is C24H20N2O2. The van der Waals surface area contributed by atoms with Crippen LogP contribution in [0.25, 0.3) is 10.9 Å². The van der Waals surface area contributed by atoms with Gasteiger partial charge in [0.1, 0.15) is 5.69 Å². The summed E-state index contributed by atoms with van der Waals surface area (Å²) in [6, 6.07) is 27.6. The zero-order valence-electron chi connectivity index (χ0n) is 15.3. The Morgan fingerprint density at radius 2 is 1.57 bits per heavy atom. The molecule has 28 heavy (non-hydrogen) atoms. The first-order valence-corrected chi connectivity index (χ1v) is 9.22. The molecule has 0 aliphatic heterocycles. The SMILES string of the molecule is O=C(O)c1cc(CCc2ccccc2)c2cccc(Nc3ccccc3)c2n1. The Labute approximate surface area is 163 Å². The fraction of sp³-hybridized carbons (Fsp3) is 0.0833. The second-order valence-electron chi connectivity index (χ2n) is 6.65. The zero-order valence-corrected chi connectivity index (χ0v) is 15.3. The van der Waals surface area contributed by atoms with Crippen LogP contribution in [-0.4, -0.2) is 16.1 Å². The molecular weight excluding hydrogens is 348 g/mol. The number of aryl methyl sites for hydroxylation is 2. The molecule has 0 bridgehead atoms. The number of carboxylic acids is 1. The van der Waals surface area contributed by atoms with Crippen molar-refractivity contribution in [2.75, 3.05) is 5.32 Å². The van der Waals surface area contributed by atoms with Gasteiger partial charge in [0.25, 0.3) is 0 Å². The minimum atomic E-state index is -1.02. The summed E-state index contributed by atoms with van der Waals surface area (Å²) in [5.74, 6) is -1.02. The van der Waals surface area contributed by atoms with Gasteiger partial charge in [0.05, 0.1) is 11.2 Å². The second-order valence-corrected chi connectivity index (χ2v) is 6.65. The Morgan fingerprint density at radius 3 is 2.29 bits per heavy atom. The molecule has 1 heterocycles. The summed E-state index contributed by atoms with van der Waals surface area (Å²) in [4.78, 5) is 16.1. The van der Waals surface area contributed by atoms with E-state index in [1.165, 1.54) is 5.56 Å². The monoisotopic (exact) mass is 368 g/mol. The smallest absolute Gasteiger partial charge is 0.354 e. The van der Waals surface area contributed by atoms with Gasteiger partial charge in [-0.25, -0.2) is 9.78 Å². The van der Waals surface area contributed by atoms with E-state index in [0.29, 0.717) is 5.52 Å². The van der Waals surface area contributed by atoms with Gasteiger partial charge in [0.2, 0.25) is 0 Å². The van der Waals surface area contributed by atoms with E-state index in [-0.39, 0.29) is 5.69 Å². The zero-order chi connectivity index (χ0) is 19.3. The van der Waals surface area contributed by atoms with E-state index in [1.54, 1.807) is 6.07 Å². The molecule has 0 saturated heterocycles. The van der Waals surface area contributed by atoms with Crippen LogP contribution in [0, 0.1) is 0 Å². The number of nitrogens with one attached hydrogen (secondary N) is 1. The van der Waals surface area contributed by atoms with Crippen molar-refractivity contribution in [3.8, 4) is 0 Å². The molecule has 3 aromatic carbocycles. The Hall–Kier alpha value is -3.66. The number of rotatable bonds is 6. The quantitative estimate of drug-likeness (QED) is 0.474. The third-order valence-corrected chi connectivity index (χ3v) is 4.72. The van der Waals surface area contributed by atoms with Crippen molar-refractivity contribution in [1.29, 1.82) is 0 Å². The van der Waals surface area contributed by atoms with E-state index in [0.717, 1.165) is 35.2 Å². The summed E-state index contributed by atoms with van der Waals surface area (Å²) in [5, 5.41) is 13.9. The lowest BCUT2D eigenvalue weighted by atomic mass is 9.99.